The lowest BCUT2D eigenvalue weighted by Crippen LogP contribution is -2.30. The van der Waals surface area contributed by atoms with Gasteiger partial charge in [-0.15, -0.1) is 0 Å². The van der Waals surface area contributed by atoms with Crippen molar-refractivity contribution in [2.24, 2.45) is 11.0 Å². The number of piperidine rings is 1. The quantitative estimate of drug-likeness (QED) is 0.587. The van der Waals surface area contributed by atoms with Gasteiger partial charge in [0.1, 0.15) is 5.71 Å². The summed E-state index contributed by atoms with van der Waals surface area (Å²) < 4.78 is 0.973. The number of fused-ring (bicyclic) bond motifs is 1. The fourth-order valence-corrected chi connectivity index (χ4v) is 3.84. The van der Waals surface area contributed by atoms with Crippen LogP contribution >= 0.6 is 15.9 Å². The van der Waals surface area contributed by atoms with Crippen molar-refractivity contribution >= 4 is 32.5 Å². The molecule has 0 atom stereocenters. The summed E-state index contributed by atoms with van der Waals surface area (Å²) in [5.74, 6) is 0.909. The van der Waals surface area contributed by atoms with E-state index >= 15 is 0 Å². The van der Waals surface area contributed by atoms with Gasteiger partial charge in [-0.2, -0.15) is 5.10 Å². The van der Waals surface area contributed by atoms with Crippen LogP contribution in [0.2, 0.25) is 0 Å². The zero-order chi connectivity index (χ0) is 18.1. The first-order chi connectivity index (χ1) is 12.6. The molecule has 1 aliphatic heterocycles. The first-order valence-electron chi connectivity index (χ1n) is 9.01. The molecule has 0 amide bonds. The van der Waals surface area contributed by atoms with E-state index < -0.39 is 0 Å². The van der Waals surface area contributed by atoms with E-state index in [2.05, 4.69) is 32.8 Å². The summed E-state index contributed by atoms with van der Waals surface area (Å²) in [6.45, 7) is 4.20. The van der Waals surface area contributed by atoms with Gasteiger partial charge in [-0.1, -0.05) is 59.3 Å². The molecule has 0 bridgehead atoms. The molecular weight excluding hydrogens is 390 g/mol. The molecule has 0 spiro atoms. The van der Waals surface area contributed by atoms with Gasteiger partial charge in [0.25, 0.3) is 0 Å². The number of rotatable bonds is 3. The molecule has 2 heterocycles. The van der Waals surface area contributed by atoms with E-state index in [0.29, 0.717) is 0 Å². The Bertz CT molecular complexity index is 941. The molecule has 0 aliphatic carbocycles. The second-order valence-electron chi connectivity index (χ2n) is 6.99. The van der Waals surface area contributed by atoms with Gasteiger partial charge in [0.2, 0.25) is 0 Å². The van der Waals surface area contributed by atoms with Crippen LogP contribution in [-0.2, 0) is 0 Å². The Hall–Kier alpha value is -2.27. The maximum Gasteiger partial charge on any atom is 0.199 e. The van der Waals surface area contributed by atoms with Crippen molar-refractivity contribution in [1.29, 1.82) is 0 Å². The lowest BCUT2D eigenvalue weighted by Gasteiger charge is -2.28. The van der Waals surface area contributed by atoms with Gasteiger partial charge in [-0.3, -0.25) is 5.01 Å². The average Bonchev–Trinajstić information content (AvgIpc) is 2.97. The van der Waals surface area contributed by atoms with Crippen molar-refractivity contribution in [1.82, 2.24) is 9.99 Å². The lowest BCUT2D eigenvalue weighted by molar-refractivity contribution is 0.200. The molecule has 1 fully saturated rings. The van der Waals surface area contributed by atoms with Crippen molar-refractivity contribution in [2.75, 3.05) is 13.1 Å². The molecule has 2 aromatic carbocycles. The Morgan fingerprint density at radius 3 is 2.62 bits per heavy atom. The third-order valence-corrected chi connectivity index (χ3v) is 5.52. The van der Waals surface area contributed by atoms with Gasteiger partial charge in [0, 0.05) is 28.5 Å². The minimum Gasteiger partial charge on any atom is -0.494 e. The average molecular weight is 412 g/mol. The van der Waals surface area contributed by atoms with E-state index in [1.807, 2.05) is 48.5 Å². The smallest absolute Gasteiger partial charge is 0.199 e. The number of nitrogens with zero attached hydrogens (tertiary/aromatic N) is 2. The van der Waals surface area contributed by atoms with Crippen molar-refractivity contribution in [3.8, 4) is 5.88 Å². The van der Waals surface area contributed by atoms with Gasteiger partial charge in [-0.25, -0.2) is 0 Å². The Morgan fingerprint density at radius 1 is 1.15 bits per heavy atom. The Morgan fingerprint density at radius 2 is 1.88 bits per heavy atom. The summed E-state index contributed by atoms with van der Waals surface area (Å²) in [6.07, 6.45) is 2.30. The molecule has 0 saturated carbocycles. The Balaban J connectivity index is 1.85. The Kier molecular flexibility index (Phi) is 4.72. The van der Waals surface area contributed by atoms with Crippen molar-refractivity contribution < 1.29 is 5.11 Å². The van der Waals surface area contributed by atoms with Gasteiger partial charge in [0.05, 0.1) is 11.1 Å². The number of benzene rings is 2. The van der Waals surface area contributed by atoms with Crippen LogP contribution in [0, 0.1) is 5.92 Å². The molecule has 1 aliphatic rings. The third-order valence-electron chi connectivity index (χ3n) is 5.03. The van der Waals surface area contributed by atoms with Gasteiger partial charge < -0.3 is 10.1 Å². The second-order valence-corrected chi connectivity index (χ2v) is 7.91. The van der Waals surface area contributed by atoms with Crippen molar-refractivity contribution in [2.45, 2.75) is 19.8 Å². The lowest BCUT2D eigenvalue weighted by atomic mass is 10.00. The minimum absolute atomic E-state index is 0.158. The number of aromatic amines is 1. The summed E-state index contributed by atoms with van der Waals surface area (Å²) in [7, 11) is 0. The van der Waals surface area contributed by atoms with Crippen molar-refractivity contribution in [3.05, 3.63) is 64.1 Å². The molecular formula is C21H22BrN3O. The number of H-pyrrole nitrogens is 1. The van der Waals surface area contributed by atoms with Gasteiger partial charge >= 0.3 is 0 Å². The zero-order valence-corrected chi connectivity index (χ0v) is 16.3. The fourth-order valence-electron chi connectivity index (χ4n) is 3.48. The first kappa shape index (κ1) is 17.2. The van der Waals surface area contributed by atoms with Crippen LogP contribution in [0.5, 0.6) is 5.88 Å². The van der Waals surface area contributed by atoms with Gasteiger partial charge in [-0.05, 0) is 30.9 Å². The number of aromatic hydroxyl groups is 1. The number of halogens is 1. The summed E-state index contributed by atoms with van der Waals surface area (Å²) in [5, 5.41) is 18.7. The predicted molar refractivity (Wildman–Crippen MR) is 110 cm³/mol. The molecule has 4 nitrogen and oxygen atoms in total. The normalized spacial score (nSPS) is 16.4. The standard InChI is InChI=1S/C21H22BrN3O/c1-14-9-11-25(12-10-14)24-20(15-5-3-2-4-6-15)19-17-8-7-16(22)13-18(17)23-21(19)26/h2-8,13-14,23,26H,9-12H2,1H3. The highest BCUT2D eigenvalue weighted by atomic mass is 79.9. The highest BCUT2D eigenvalue weighted by molar-refractivity contribution is 9.10. The predicted octanol–water partition coefficient (Wildman–Crippen LogP) is 5.12. The Labute approximate surface area is 161 Å². The molecule has 2 N–H and O–H groups in total. The van der Waals surface area contributed by atoms with E-state index in [4.69, 9.17) is 5.10 Å². The van der Waals surface area contributed by atoms with Crippen LogP contribution in [0.4, 0.5) is 0 Å². The largest absolute Gasteiger partial charge is 0.494 e. The number of hydrazone groups is 1. The third kappa shape index (κ3) is 3.36. The maximum absolute atomic E-state index is 10.7. The summed E-state index contributed by atoms with van der Waals surface area (Å²) in [4.78, 5) is 3.09. The van der Waals surface area contributed by atoms with E-state index in [9.17, 15) is 5.11 Å². The van der Waals surface area contributed by atoms with Crippen LogP contribution in [0.1, 0.15) is 30.9 Å². The van der Waals surface area contributed by atoms with Crippen LogP contribution in [-0.4, -0.2) is 33.9 Å². The minimum atomic E-state index is 0.158. The molecule has 3 aromatic rings. The van der Waals surface area contributed by atoms with Crippen LogP contribution in [0.3, 0.4) is 0 Å². The number of hydrogen-bond acceptors (Lipinski definition) is 3. The second kappa shape index (κ2) is 7.16. The molecule has 4 rings (SSSR count). The molecule has 1 aromatic heterocycles. The molecule has 1 saturated heterocycles. The molecule has 5 heteroatoms. The summed E-state index contributed by atoms with van der Waals surface area (Å²) in [5.41, 5.74) is 3.47. The number of aromatic nitrogens is 1. The molecule has 134 valence electrons. The monoisotopic (exact) mass is 411 g/mol. The van der Waals surface area contributed by atoms with E-state index in [-0.39, 0.29) is 5.88 Å². The molecule has 0 radical (unpaired) electrons. The fraction of sp³-hybridized carbons (Fsp3) is 0.286. The van der Waals surface area contributed by atoms with Gasteiger partial charge in [0.15, 0.2) is 5.88 Å². The van der Waals surface area contributed by atoms with E-state index in [0.717, 1.165) is 64.1 Å². The number of nitrogens with one attached hydrogen (secondary N) is 1. The van der Waals surface area contributed by atoms with Crippen LogP contribution in [0.25, 0.3) is 10.9 Å². The SMILES string of the molecule is CC1CCN(N=C(c2ccccc2)c2c(O)[nH]c3cc(Br)ccc23)CC1. The van der Waals surface area contributed by atoms with E-state index in [1.165, 1.54) is 0 Å². The maximum atomic E-state index is 10.7. The van der Waals surface area contributed by atoms with E-state index in [1.54, 1.807) is 0 Å². The highest BCUT2D eigenvalue weighted by Gasteiger charge is 2.21. The van der Waals surface area contributed by atoms with Crippen LogP contribution in [0.15, 0.2) is 58.1 Å². The van der Waals surface area contributed by atoms with Crippen molar-refractivity contribution in [3.63, 3.8) is 0 Å². The highest BCUT2D eigenvalue weighted by Crippen LogP contribution is 2.32. The summed E-state index contributed by atoms with van der Waals surface area (Å²) in [6, 6.07) is 16.1. The van der Waals surface area contributed by atoms with Crippen LogP contribution < -0.4 is 0 Å². The topological polar surface area (TPSA) is 51.6 Å². The molecule has 0 unspecified atom stereocenters. The summed E-state index contributed by atoms with van der Waals surface area (Å²) >= 11 is 3.49. The molecule has 26 heavy (non-hydrogen) atoms. The first-order valence-corrected chi connectivity index (χ1v) is 9.80. The zero-order valence-electron chi connectivity index (χ0n) is 14.7. The number of hydrogen-bond donors (Lipinski definition) is 2.